The molecule has 2 aliphatic rings. The van der Waals surface area contributed by atoms with Gasteiger partial charge in [0.05, 0.1) is 6.10 Å². The van der Waals surface area contributed by atoms with Gasteiger partial charge in [-0.1, -0.05) is 19.4 Å². The predicted molar refractivity (Wildman–Crippen MR) is 81.9 cm³/mol. The summed E-state index contributed by atoms with van der Waals surface area (Å²) >= 11 is 0. The Labute approximate surface area is 126 Å². The molecule has 116 valence electrons. The van der Waals surface area contributed by atoms with Crippen LogP contribution in [0.25, 0.3) is 0 Å². The first-order chi connectivity index (χ1) is 10.3. The summed E-state index contributed by atoms with van der Waals surface area (Å²) in [5, 5.41) is 10.5. The third-order valence-corrected chi connectivity index (χ3v) is 4.22. The molecule has 0 bridgehead atoms. The summed E-state index contributed by atoms with van der Waals surface area (Å²) in [7, 11) is 0. The van der Waals surface area contributed by atoms with Crippen molar-refractivity contribution in [2.45, 2.75) is 44.8 Å². The maximum atomic E-state index is 10.5. The van der Waals surface area contributed by atoms with Crippen molar-refractivity contribution in [3.05, 3.63) is 23.8 Å². The van der Waals surface area contributed by atoms with Crippen LogP contribution in [0, 0.1) is 0 Å². The van der Waals surface area contributed by atoms with Crippen molar-refractivity contribution in [3.63, 3.8) is 0 Å². The minimum atomic E-state index is -0.460. The third-order valence-electron chi connectivity index (χ3n) is 4.22. The SMILES string of the molecule is CCCCN(CC(O)c1ccc2c(c1)OCCO2)C1CC1. The normalized spacial score (nSPS) is 18.8. The van der Waals surface area contributed by atoms with E-state index < -0.39 is 6.10 Å². The van der Waals surface area contributed by atoms with E-state index in [0.717, 1.165) is 23.6 Å². The van der Waals surface area contributed by atoms with Crippen molar-refractivity contribution in [1.82, 2.24) is 4.90 Å². The van der Waals surface area contributed by atoms with Crippen LogP contribution >= 0.6 is 0 Å². The van der Waals surface area contributed by atoms with Gasteiger partial charge in [0.25, 0.3) is 0 Å². The average Bonchev–Trinajstić information content (AvgIpc) is 3.35. The van der Waals surface area contributed by atoms with Gasteiger partial charge in [-0.2, -0.15) is 0 Å². The van der Waals surface area contributed by atoms with Gasteiger partial charge in [-0.15, -0.1) is 0 Å². The van der Waals surface area contributed by atoms with Gasteiger partial charge < -0.3 is 14.6 Å². The first-order valence-electron chi connectivity index (χ1n) is 8.09. The lowest BCUT2D eigenvalue weighted by atomic mass is 10.1. The Kier molecular flexibility index (Phi) is 4.66. The highest BCUT2D eigenvalue weighted by molar-refractivity contribution is 5.44. The molecule has 0 aromatic heterocycles. The summed E-state index contributed by atoms with van der Waals surface area (Å²) in [6.45, 7) is 5.19. The molecule has 1 heterocycles. The van der Waals surface area contributed by atoms with Crippen molar-refractivity contribution in [2.24, 2.45) is 0 Å². The summed E-state index contributed by atoms with van der Waals surface area (Å²) in [4.78, 5) is 2.44. The van der Waals surface area contributed by atoms with E-state index in [1.54, 1.807) is 0 Å². The molecule has 1 saturated carbocycles. The second-order valence-corrected chi connectivity index (χ2v) is 6.00. The van der Waals surface area contributed by atoms with Gasteiger partial charge in [-0.05, 0) is 43.5 Å². The first kappa shape index (κ1) is 14.7. The molecule has 4 heteroatoms. The largest absolute Gasteiger partial charge is 0.486 e. The Hall–Kier alpha value is -1.26. The summed E-state index contributed by atoms with van der Waals surface area (Å²) in [6.07, 6.45) is 4.49. The molecule has 1 unspecified atom stereocenters. The van der Waals surface area contributed by atoms with Gasteiger partial charge in [0.2, 0.25) is 0 Å². The number of hydrogen-bond acceptors (Lipinski definition) is 4. The number of ether oxygens (including phenoxy) is 2. The summed E-state index contributed by atoms with van der Waals surface area (Å²) < 4.78 is 11.1. The number of fused-ring (bicyclic) bond motifs is 1. The van der Waals surface area contributed by atoms with Crippen LogP contribution < -0.4 is 9.47 Å². The average molecular weight is 291 g/mol. The van der Waals surface area contributed by atoms with E-state index in [9.17, 15) is 5.11 Å². The van der Waals surface area contributed by atoms with Crippen LogP contribution in [0.15, 0.2) is 18.2 Å². The molecule has 1 atom stereocenters. The number of aliphatic hydroxyl groups is 1. The van der Waals surface area contributed by atoms with E-state index in [1.165, 1.54) is 25.7 Å². The summed E-state index contributed by atoms with van der Waals surface area (Å²) in [5.74, 6) is 1.53. The fourth-order valence-corrected chi connectivity index (χ4v) is 2.82. The Morgan fingerprint density at radius 3 is 2.71 bits per heavy atom. The standard InChI is InChI=1S/C17H25NO3/c1-2-3-8-18(14-5-6-14)12-15(19)13-4-7-16-17(11-13)21-10-9-20-16/h4,7,11,14-15,19H,2-3,5-6,8-10,12H2,1H3. The molecule has 1 aromatic rings. The number of unbranched alkanes of at least 4 members (excludes halogenated alkanes) is 1. The quantitative estimate of drug-likeness (QED) is 0.839. The van der Waals surface area contributed by atoms with Crippen molar-refractivity contribution < 1.29 is 14.6 Å². The van der Waals surface area contributed by atoms with Gasteiger partial charge in [0.15, 0.2) is 11.5 Å². The van der Waals surface area contributed by atoms with Crippen LogP contribution in [-0.4, -0.2) is 42.4 Å². The zero-order chi connectivity index (χ0) is 14.7. The molecule has 1 aliphatic carbocycles. The lowest BCUT2D eigenvalue weighted by Crippen LogP contribution is -2.31. The number of aliphatic hydroxyl groups excluding tert-OH is 1. The van der Waals surface area contributed by atoms with E-state index in [4.69, 9.17) is 9.47 Å². The molecule has 1 N–H and O–H groups in total. The minimum Gasteiger partial charge on any atom is -0.486 e. The van der Waals surface area contributed by atoms with Crippen molar-refractivity contribution in [1.29, 1.82) is 0 Å². The maximum absolute atomic E-state index is 10.5. The van der Waals surface area contributed by atoms with Gasteiger partial charge in [0, 0.05) is 12.6 Å². The van der Waals surface area contributed by atoms with Crippen LogP contribution in [0.2, 0.25) is 0 Å². The van der Waals surface area contributed by atoms with Gasteiger partial charge in [-0.3, -0.25) is 4.90 Å². The number of rotatable bonds is 7. The molecule has 1 aromatic carbocycles. The summed E-state index contributed by atoms with van der Waals surface area (Å²) in [6, 6.07) is 6.46. The monoisotopic (exact) mass is 291 g/mol. The lowest BCUT2D eigenvalue weighted by Gasteiger charge is -2.26. The Morgan fingerprint density at radius 1 is 1.24 bits per heavy atom. The van der Waals surface area contributed by atoms with E-state index in [0.29, 0.717) is 25.8 Å². The molecular weight excluding hydrogens is 266 g/mol. The number of hydrogen-bond donors (Lipinski definition) is 1. The molecule has 21 heavy (non-hydrogen) atoms. The number of benzene rings is 1. The van der Waals surface area contributed by atoms with Crippen LogP contribution in [0.3, 0.4) is 0 Å². The molecular formula is C17H25NO3. The van der Waals surface area contributed by atoms with E-state index >= 15 is 0 Å². The molecule has 0 spiro atoms. The van der Waals surface area contributed by atoms with Crippen molar-refractivity contribution in [2.75, 3.05) is 26.3 Å². The highest BCUT2D eigenvalue weighted by atomic mass is 16.6. The van der Waals surface area contributed by atoms with Gasteiger partial charge >= 0.3 is 0 Å². The fraction of sp³-hybridized carbons (Fsp3) is 0.647. The van der Waals surface area contributed by atoms with Crippen molar-refractivity contribution in [3.8, 4) is 11.5 Å². The highest BCUT2D eigenvalue weighted by Crippen LogP contribution is 2.34. The highest BCUT2D eigenvalue weighted by Gasteiger charge is 2.30. The molecule has 1 aliphatic heterocycles. The maximum Gasteiger partial charge on any atom is 0.161 e. The van der Waals surface area contributed by atoms with Crippen LogP contribution in [0.4, 0.5) is 0 Å². The second-order valence-electron chi connectivity index (χ2n) is 6.00. The molecule has 3 rings (SSSR count). The zero-order valence-electron chi connectivity index (χ0n) is 12.8. The predicted octanol–water partition coefficient (Wildman–Crippen LogP) is 2.76. The van der Waals surface area contributed by atoms with E-state index in [2.05, 4.69) is 11.8 Å². The topological polar surface area (TPSA) is 41.9 Å². The molecule has 0 amide bonds. The Morgan fingerprint density at radius 2 is 2.00 bits per heavy atom. The van der Waals surface area contributed by atoms with Gasteiger partial charge in [0.1, 0.15) is 13.2 Å². The van der Waals surface area contributed by atoms with Crippen LogP contribution in [0.5, 0.6) is 11.5 Å². The van der Waals surface area contributed by atoms with Crippen LogP contribution in [0.1, 0.15) is 44.3 Å². The molecule has 0 radical (unpaired) electrons. The second kappa shape index (κ2) is 6.67. The van der Waals surface area contributed by atoms with Crippen LogP contribution in [-0.2, 0) is 0 Å². The smallest absolute Gasteiger partial charge is 0.161 e. The molecule has 4 nitrogen and oxygen atoms in total. The van der Waals surface area contributed by atoms with Gasteiger partial charge in [-0.25, -0.2) is 0 Å². The Balaban J connectivity index is 1.64. The van der Waals surface area contributed by atoms with E-state index in [-0.39, 0.29) is 0 Å². The number of nitrogens with zero attached hydrogens (tertiary/aromatic N) is 1. The lowest BCUT2D eigenvalue weighted by molar-refractivity contribution is 0.107. The van der Waals surface area contributed by atoms with Crippen molar-refractivity contribution >= 4 is 0 Å². The first-order valence-corrected chi connectivity index (χ1v) is 8.09. The fourth-order valence-electron chi connectivity index (χ4n) is 2.82. The Bertz CT molecular complexity index is 473. The summed E-state index contributed by atoms with van der Waals surface area (Å²) in [5.41, 5.74) is 0.918. The zero-order valence-corrected chi connectivity index (χ0v) is 12.8. The minimum absolute atomic E-state index is 0.460. The molecule has 1 fully saturated rings. The third kappa shape index (κ3) is 3.69. The molecule has 0 saturated heterocycles. The van der Waals surface area contributed by atoms with E-state index in [1.807, 2.05) is 18.2 Å².